The number of hydrogen-bond donors (Lipinski definition) is 1. The van der Waals surface area contributed by atoms with E-state index in [0.29, 0.717) is 5.88 Å². The van der Waals surface area contributed by atoms with Gasteiger partial charge in [0.25, 0.3) is 0 Å². The molecule has 1 N–H and O–H groups in total. The zero-order valence-electron chi connectivity index (χ0n) is 10.7. The van der Waals surface area contributed by atoms with Crippen molar-refractivity contribution >= 4 is 27.0 Å². The fourth-order valence-electron chi connectivity index (χ4n) is 2.29. The van der Waals surface area contributed by atoms with Crippen LogP contribution in [0.3, 0.4) is 0 Å². The summed E-state index contributed by atoms with van der Waals surface area (Å²) in [4.78, 5) is 7.91. The number of methoxy groups -OCH3 is 1. The first-order valence-electron chi connectivity index (χ1n) is 5.98. The second-order valence-corrected chi connectivity index (χ2v) is 5.30. The Bertz CT molecular complexity index is 749. The smallest absolute Gasteiger partial charge is 0.213 e. The van der Waals surface area contributed by atoms with Gasteiger partial charge >= 0.3 is 0 Å². The summed E-state index contributed by atoms with van der Waals surface area (Å²) in [6.07, 6.45) is 0. The average molecular weight is 317 g/mol. The van der Waals surface area contributed by atoms with Crippen molar-refractivity contribution in [3.8, 4) is 17.0 Å². The van der Waals surface area contributed by atoms with Gasteiger partial charge in [-0.25, -0.2) is 4.98 Å². The molecule has 3 rings (SSSR count). The van der Waals surface area contributed by atoms with Crippen LogP contribution < -0.4 is 4.74 Å². The lowest BCUT2D eigenvalue weighted by Crippen LogP contribution is -1.87. The Balaban J connectivity index is 2.30. The van der Waals surface area contributed by atoms with E-state index in [1.807, 2.05) is 24.3 Å². The number of hydrogen-bond acceptors (Lipinski definition) is 2. The van der Waals surface area contributed by atoms with E-state index < -0.39 is 0 Å². The molecule has 2 heterocycles. The molecule has 0 aliphatic rings. The van der Waals surface area contributed by atoms with E-state index in [-0.39, 0.29) is 0 Å². The summed E-state index contributed by atoms with van der Waals surface area (Å²) in [5.74, 6) is 0.628. The maximum absolute atomic E-state index is 5.21. The number of benzene rings is 1. The molecule has 0 unspecified atom stereocenters. The van der Waals surface area contributed by atoms with Crippen molar-refractivity contribution in [1.29, 1.82) is 0 Å². The molecule has 0 saturated carbocycles. The molecular formula is C15H13BrN2O. The maximum Gasteiger partial charge on any atom is 0.213 e. The third-order valence-corrected chi connectivity index (χ3v) is 3.62. The van der Waals surface area contributed by atoms with Crippen LogP contribution in [0.15, 0.2) is 40.9 Å². The lowest BCUT2D eigenvalue weighted by molar-refractivity contribution is 0.399. The summed E-state index contributed by atoms with van der Waals surface area (Å²) in [6.45, 7) is 2.06. The minimum atomic E-state index is 0.628. The molecule has 4 heteroatoms. The van der Waals surface area contributed by atoms with E-state index in [9.17, 15) is 0 Å². The molecule has 0 fully saturated rings. The number of fused-ring (bicyclic) bond motifs is 1. The Labute approximate surface area is 119 Å². The van der Waals surface area contributed by atoms with E-state index >= 15 is 0 Å². The summed E-state index contributed by atoms with van der Waals surface area (Å²) < 4.78 is 6.27. The van der Waals surface area contributed by atoms with Crippen molar-refractivity contribution in [1.82, 2.24) is 9.97 Å². The summed E-state index contributed by atoms with van der Waals surface area (Å²) in [6, 6.07) is 12.1. The van der Waals surface area contributed by atoms with Gasteiger partial charge in [-0.1, -0.05) is 28.1 Å². The van der Waals surface area contributed by atoms with Crippen LogP contribution in [0.2, 0.25) is 0 Å². The van der Waals surface area contributed by atoms with Gasteiger partial charge in [0.2, 0.25) is 5.88 Å². The van der Waals surface area contributed by atoms with Gasteiger partial charge in [0.1, 0.15) is 5.52 Å². The Morgan fingerprint density at radius 3 is 2.79 bits per heavy atom. The van der Waals surface area contributed by atoms with Gasteiger partial charge in [-0.3, -0.25) is 0 Å². The fourth-order valence-corrected chi connectivity index (χ4v) is 2.68. The molecule has 0 radical (unpaired) electrons. The predicted molar refractivity (Wildman–Crippen MR) is 80.5 cm³/mol. The molecule has 19 heavy (non-hydrogen) atoms. The first-order chi connectivity index (χ1) is 9.19. The van der Waals surface area contributed by atoms with Crippen molar-refractivity contribution in [2.75, 3.05) is 7.11 Å². The lowest BCUT2D eigenvalue weighted by atomic mass is 10.1. The highest BCUT2D eigenvalue weighted by molar-refractivity contribution is 9.10. The number of nitrogens with zero attached hydrogens (tertiary/aromatic N) is 1. The maximum atomic E-state index is 5.21. The molecule has 0 saturated heterocycles. The number of aryl methyl sites for hydroxylation is 1. The van der Waals surface area contributed by atoms with Gasteiger partial charge in [0.05, 0.1) is 12.6 Å². The first-order valence-corrected chi connectivity index (χ1v) is 6.77. The number of H-pyrrole nitrogens is 1. The van der Waals surface area contributed by atoms with Gasteiger partial charge < -0.3 is 9.72 Å². The average Bonchev–Trinajstić information content (AvgIpc) is 2.73. The van der Waals surface area contributed by atoms with E-state index in [1.54, 1.807) is 7.11 Å². The third kappa shape index (κ3) is 2.12. The monoisotopic (exact) mass is 316 g/mol. The highest BCUT2D eigenvalue weighted by atomic mass is 79.9. The summed E-state index contributed by atoms with van der Waals surface area (Å²) in [5.41, 5.74) is 5.33. The number of nitrogens with one attached hydrogen (secondary N) is 1. The van der Waals surface area contributed by atoms with Gasteiger partial charge in [-0.05, 0) is 30.7 Å². The van der Waals surface area contributed by atoms with Gasteiger partial charge in [0.15, 0.2) is 0 Å². The number of aromatic amines is 1. The number of halogens is 1. The molecule has 0 atom stereocenters. The van der Waals surface area contributed by atoms with Crippen LogP contribution in [-0.2, 0) is 0 Å². The SMILES string of the molecule is COc1ccc2[nH]c(C)c(-c3cccc(Br)c3)c2n1. The summed E-state index contributed by atoms with van der Waals surface area (Å²) in [7, 11) is 1.63. The number of aromatic nitrogens is 2. The summed E-state index contributed by atoms with van der Waals surface area (Å²) >= 11 is 3.51. The second-order valence-electron chi connectivity index (χ2n) is 4.39. The highest BCUT2D eigenvalue weighted by Crippen LogP contribution is 2.33. The molecule has 0 aliphatic heterocycles. The molecule has 96 valence electrons. The first kappa shape index (κ1) is 12.2. The minimum absolute atomic E-state index is 0.628. The lowest BCUT2D eigenvalue weighted by Gasteiger charge is -2.03. The zero-order valence-corrected chi connectivity index (χ0v) is 12.3. The van der Waals surface area contributed by atoms with Crippen LogP contribution in [-0.4, -0.2) is 17.1 Å². The van der Waals surface area contributed by atoms with Crippen molar-refractivity contribution in [2.24, 2.45) is 0 Å². The zero-order chi connectivity index (χ0) is 13.4. The third-order valence-electron chi connectivity index (χ3n) is 3.13. The minimum Gasteiger partial charge on any atom is -0.481 e. The molecule has 0 aliphatic carbocycles. The van der Waals surface area contributed by atoms with E-state index in [1.165, 1.54) is 0 Å². The quantitative estimate of drug-likeness (QED) is 0.765. The van der Waals surface area contributed by atoms with Crippen LogP contribution in [0.25, 0.3) is 22.2 Å². The highest BCUT2D eigenvalue weighted by Gasteiger charge is 2.12. The molecule has 0 amide bonds. The molecule has 1 aromatic carbocycles. The molecule has 0 spiro atoms. The van der Waals surface area contributed by atoms with Crippen LogP contribution in [0.4, 0.5) is 0 Å². The van der Waals surface area contributed by atoms with E-state index in [0.717, 1.165) is 32.3 Å². The molecule has 0 bridgehead atoms. The summed E-state index contributed by atoms with van der Waals surface area (Å²) in [5, 5.41) is 0. The number of rotatable bonds is 2. The normalized spacial score (nSPS) is 10.9. The van der Waals surface area contributed by atoms with Gasteiger partial charge in [-0.2, -0.15) is 0 Å². The molecule has 3 aromatic rings. The molecular weight excluding hydrogens is 304 g/mol. The van der Waals surface area contributed by atoms with Crippen molar-refractivity contribution in [3.63, 3.8) is 0 Å². The predicted octanol–water partition coefficient (Wildman–Crippen LogP) is 4.31. The van der Waals surface area contributed by atoms with Crippen LogP contribution in [0.5, 0.6) is 5.88 Å². The Morgan fingerprint density at radius 2 is 2.05 bits per heavy atom. The van der Waals surface area contributed by atoms with Crippen LogP contribution in [0, 0.1) is 6.92 Å². The number of pyridine rings is 1. The van der Waals surface area contributed by atoms with E-state index in [2.05, 4.69) is 45.0 Å². The van der Waals surface area contributed by atoms with Crippen LogP contribution in [0.1, 0.15) is 5.69 Å². The van der Waals surface area contributed by atoms with Crippen molar-refractivity contribution < 1.29 is 4.74 Å². The second kappa shape index (κ2) is 4.70. The molecule has 2 aromatic heterocycles. The van der Waals surface area contributed by atoms with Crippen LogP contribution >= 0.6 is 15.9 Å². The van der Waals surface area contributed by atoms with Crippen molar-refractivity contribution in [2.45, 2.75) is 6.92 Å². The largest absolute Gasteiger partial charge is 0.481 e. The number of ether oxygens (including phenoxy) is 1. The van der Waals surface area contributed by atoms with Crippen molar-refractivity contribution in [3.05, 3.63) is 46.6 Å². The standard InChI is InChI=1S/C15H13BrN2O/c1-9-14(10-4-3-5-11(16)8-10)15-12(17-9)6-7-13(18-15)19-2/h3-8,17H,1-2H3. The Hall–Kier alpha value is -1.81. The fraction of sp³-hybridized carbons (Fsp3) is 0.133. The van der Waals surface area contributed by atoms with Gasteiger partial charge in [-0.15, -0.1) is 0 Å². The Morgan fingerprint density at radius 1 is 1.21 bits per heavy atom. The van der Waals surface area contributed by atoms with E-state index in [4.69, 9.17) is 4.74 Å². The van der Waals surface area contributed by atoms with Gasteiger partial charge in [0, 0.05) is 21.8 Å². The Kier molecular flexibility index (Phi) is 3.03. The topological polar surface area (TPSA) is 37.9 Å². The molecule has 3 nitrogen and oxygen atoms in total.